The molecule has 0 saturated heterocycles. The van der Waals surface area contributed by atoms with Crippen LogP contribution in [0.25, 0.3) is 0 Å². The van der Waals surface area contributed by atoms with Crippen LogP contribution in [0.4, 0.5) is 5.69 Å². The molecule has 2 aromatic rings. The smallest absolute Gasteiger partial charge is 0.221 e. The molecule has 0 aliphatic carbocycles. The molecule has 0 atom stereocenters. The highest BCUT2D eigenvalue weighted by molar-refractivity contribution is 5.76. The van der Waals surface area contributed by atoms with Gasteiger partial charge in [0.1, 0.15) is 6.07 Å². The molecule has 23 heavy (non-hydrogen) atoms. The number of carbonyl (C=O) groups excluding carboxylic acids is 1. The average Bonchev–Trinajstić information content (AvgIpc) is 2.60. The van der Waals surface area contributed by atoms with Crippen LogP contribution < -0.4 is 10.6 Å². The van der Waals surface area contributed by atoms with Gasteiger partial charge < -0.3 is 10.6 Å². The van der Waals surface area contributed by atoms with Gasteiger partial charge in [-0.1, -0.05) is 42.5 Å². The Morgan fingerprint density at radius 1 is 1.00 bits per heavy atom. The van der Waals surface area contributed by atoms with Crippen LogP contribution in [0.5, 0.6) is 0 Å². The molecule has 0 bridgehead atoms. The fourth-order valence-corrected chi connectivity index (χ4v) is 2.30. The second-order valence-corrected chi connectivity index (χ2v) is 5.27. The van der Waals surface area contributed by atoms with Gasteiger partial charge in [0.25, 0.3) is 0 Å². The summed E-state index contributed by atoms with van der Waals surface area (Å²) in [5.74, 6) is 0.0278. The lowest BCUT2D eigenvalue weighted by Gasteiger charge is -2.08. The normalized spacial score (nSPS) is 9.87. The number of nitrogens with zero attached hydrogens (tertiary/aromatic N) is 1. The number of carbonyl (C=O) groups is 1. The number of anilines is 1. The first-order valence-corrected chi connectivity index (χ1v) is 7.83. The molecule has 2 N–H and O–H groups in total. The highest BCUT2D eigenvalue weighted by Gasteiger charge is 2.03. The summed E-state index contributed by atoms with van der Waals surface area (Å²) in [6.07, 6.45) is 2.29. The Morgan fingerprint density at radius 2 is 1.74 bits per heavy atom. The molecule has 0 aliphatic heterocycles. The Morgan fingerprint density at radius 3 is 2.52 bits per heavy atom. The molecule has 4 nitrogen and oxygen atoms in total. The zero-order valence-corrected chi connectivity index (χ0v) is 13.1. The Hall–Kier alpha value is -2.80. The SMILES string of the molecule is N#Cc1ccccc1NCCC(=O)NCCCc1ccccc1. The van der Waals surface area contributed by atoms with Crippen molar-refractivity contribution < 1.29 is 4.79 Å². The number of benzene rings is 2. The summed E-state index contributed by atoms with van der Waals surface area (Å²) in [5, 5.41) is 15.0. The van der Waals surface area contributed by atoms with Crippen molar-refractivity contribution in [2.24, 2.45) is 0 Å². The van der Waals surface area contributed by atoms with Crippen molar-refractivity contribution in [3.63, 3.8) is 0 Å². The van der Waals surface area contributed by atoms with E-state index in [2.05, 4.69) is 28.8 Å². The molecular weight excluding hydrogens is 286 g/mol. The summed E-state index contributed by atoms with van der Waals surface area (Å²) in [5.41, 5.74) is 2.65. The minimum atomic E-state index is 0.0278. The van der Waals surface area contributed by atoms with E-state index in [1.165, 1.54) is 5.56 Å². The number of hydrogen-bond donors (Lipinski definition) is 2. The maximum atomic E-state index is 11.8. The van der Waals surface area contributed by atoms with Gasteiger partial charge in [-0.2, -0.15) is 5.26 Å². The molecular formula is C19H21N3O. The number of hydrogen-bond acceptors (Lipinski definition) is 3. The fourth-order valence-electron chi connectivity index (χ4n) is 2.30. The Kier molecular flexibility index (Phi) is 6.67. The van der Waals surface area contributed by atoms with E-state index in [-0.39, 0.29) is 5.91 Å². The quantitative estimate of drug-likeness (QED) is 0.737. The van der Waals surface area contributed by atoms with E-state index in [0.29, 0.717) is 25.1 Å². The van der Waals surface area contributed by atoms with Crippen molar-refractivity contribution in [1.29, 1.82) is 5.26 Å². The summed E-state index contributed by atoms with van der Waals surface area (Å²) in [4.78, 5) is 11.8. The van der Waals surface area contributed by atoms with E-state index in [4.69, 9.17) is 5.26 Å². The van der Waals surface area contributed by atoms with Gasteiger partial charge in [0.05, 0.1) is 11.3 Å². The molecule has 0 aliphatic rings. The first kappa shape index (κ1) is 16.6. The van der Waals surface area contributed by atoms with E-state index >= 15 is 0 Å². The van der Waals surface area contributed by atoms with Crippen LogP contribution in [0.1, 0.15) is 24.0 Å². The molecule has 1 amide bonds. The van der Waals surface area contributed by atoms with Crippen LogP contribution in [0.15, 0.2) is 54.6 Å². The lowest BCUT2D eigenvalue weighted by Crippen LogP contribution is -2.26. The fraction of sp³-hybridized carbons (Fsp3) is 0.263. The molecule has 118 valence electrons. The molecule has 2 aromatic carbocycles. The van der Waals surface area contributed by atoms with Gasteiger partial charge in [-0.05, 0) is 30.5 Å². The molecule has 0 spiro atoms. The lowest BCUT2D eigenvalue weighted by molar-refractivity contribution is -0.120. The Balaban J connectivity index is 1.61. The predicted molar refractivity (Wildman–Crippen MR) is 92.0 cm³/mol. The van der Waals surface area contributed by atoms with E-state index in [1.54, 1.807) is 6.07 Å². The van der Waals surface area contributed by atoms with E-state index in [9.17, 15) is 4.79 Å². The Labute approximate surface area is 137 Å². The number of aryl methyl sites for hydroxylation is 1. The van der Waals surface area contributed by atoms with E-state index in [1.807, 2.05) is 36.4 Å². The molecule has 0 heterocycles. The molecule has 0 fully saturated rings. The minimum Gasteiger partial charge on any atom is -0.383 e. The van der Waals surface area contributed by atoms with Gasteiger partial charge in [-0.15, -0.1) is 0 Å². The number of para-hydroxylation sites is 1. The number of rotatable bonds is 8. The molecule has 0 radical (unpaired) electrons. The van der Waals surface area contributed by atoms with Crippen LogP contribution in [-0.4, -0.2) is 19.0 Å². The molecule has 0 aromatic heterocycles. The second-order valence-electron chi connectivity index (χ2n) is 5.27. The molecule has 0 unspecified atom stereocenters. The highest BCUT2D eigenvalue weighted by Crippen LogP contribution is 2.13. The first-order chi connectivity index (χ1) is 11.3. The third-order valence-electron chi connectivity index (χ3n) is 3.52. The van der Waals surface area contributed by atoms with Crippen molar-refractivity contribution in [1.82, 2.24) is 5.32 Å². The number of nitriles is 1. The topological polar surface area (TPSA) is 64.9 Å². The van der Waals surface area contributed by atoms with E-state index < -0.39 is 0 Å². The van der Waals surface area contributed by atoms with Crippen LogP contribution in [0.2, 0.25) is 0 Å². The van der Waals surface area contributed by atoms with Gasteiger partial charge >= 0.3 is 0 Å². The summed E-state index contributed by atoms with van der Waals surface area (Å²) in [6.45, 7) is 1.20. The zero-order valence-electron chi connectivity index (χ0n) is 13.1. The van der Waals surface area contributed by atoms with Crippen molar-refractivity contribution in [3.8, 4) is 6.07 Å². The van der Waals surface area contributed by atoms with Crippen LogP contribution in [0, 0.1) is 11.3 Å². The van der Waals surface area contributed by atoms with Gasteiger partial charge in [-0.3, -0.25) is 4.79 Å². The minimum absolute atomic E-state index is 0.0278. The third-order valence-corrected chi connectivity index (χ3v) is 3.52. The van der Waals surface area contributed by atoms with Gasteiger partial charge in [0.15, 0.2) is 0 Å². The van der Waals surface area contributed by atoms with Crippen LogP contribution in [0.3, 0.4) is 0 Å². The number of nitrogens with one attached hydrogen (secondary N) is 2. The Bertz CT molecular complexity index is 662. The third kappa shape index (κ3) is 5.84. The molecule has 4 heteroatoms. The van der Waals surface area contributed by atoms with Crippen molar-refractivity contribution in [2.75, 3.05) is 18.4 Å². The first-order valence-electron chi connectivity index (χ1n) is 7.83. The van der Waals surface area contributed by atoms with Gasteiger partial charge in [-0.25, -0.2) is 0 Å². The maximum Gasteiger partial charge on any atom is 0.221 e. The van der Waals surface area contributed by atoms with Crippen LogP contribution in [-0.2, 0) is 11.2 Å². The summed E-state index contributed by atoms with van der Waals surface area (Å²) < 4.78 is 0. The zero-order chi connectivity index (χ0) is 16.3. The average molecular weight is 307 g/mol. The van der Waals surface area contributed by atoms with Crippen molar-refractivity contribution in [3.05, 3.63) is 65.7 Å². The molecule has 2 rings (SSSR count). The lowest BCUT2D eigenvalue weighted by atomic mass is 10.1. The van der Waals surface area contributed by atoms with Crippen molar-refractivity contribution >= 4 is 11.6 Å². The van der Waals surface area contributed by atoms with Gasteiger partial charge in [0.2, 0.25) is 5.91 Å². The van der Waals surface area contributed by atoms with Crippen molar-refractivity contribution in [2.45, 2.75) is 19.3 Å². The van der Waals surface area contributed by atoms with Gasteiger partial charge in [0, 0.05) is 19.5 Å². The summed E-state index contributed by atoms with van der Waals surface area (Å²) in [7, 11) is 0. The standard InChI is InChI=1S/C19H21N3O/c20-15-17-10-4-5-11-18(17)21-14-12-19(23)22-13-6-9-16-7-2-1-3-8-16/h1-5,7-8,10-11,21H,6,9,12-14H2,(H,22,23). The monoisotopic (exact) mass is 307 g/mol. The largest absolute Gasteiger partial charge is 0.383 e. The second kappa shape index (κ2) is 9.26. The predicted octanol–water partition coefficient (Wildman–Crippen LogP) is 3.11. The summed E-state index contributed by atoms with van der Waals surface area (Å²) >= 11 is 0. The number of amides is 1. The highest BCUT2D eigenvalue weighted by atomic mass is 16.1. The van der Waals surface area contributed by atoms with E-state index in [0.717, 1.165) is 18.5 Å². The summed E-state index contributed by atoms with van der Waals surface area (Å²) in [6, 6.07) is 19.7. The van der Waals surface area contributed by atoms with Crippen LogP contribution >= 0.6 is 0 Å². The maximum absolute atomic E-state index is 11.8. The molecule has 0 saturated carbocycles.